The quantitative estimate of drug-likeness (QED) is 0.210. The van der Waals surface area contributed by atoms with Crippen molar-refractivity contribution < 1.29 is 34.5 Å². The van der Waals surface area contributed by atoms with E-state index >= 15 is 0 Å². The average Bonchev–Trinajstić information content (AvgIpc) is 2.62. The standard InChI is InChI=1S/C12H23N3O4.C4H4O4/c1-2-3-7-14-8-4-11(5-9-14)12(16)13-6-10-19-15(17)18;5-3(6)1-2-4(7)8/h11H,2-10H2,1H3,(H,13,16);1-2H,(H,5,6)(H,7,8). The molecule has 0 aromatic rings. The van der Waals surface area contributed by atoms with Gasteiger partial charge in [-0.1, -0.05) is 13.3 Å². The third-order valence-electron chi connectivity index (χ3n) is 3.75. The van der Waals surface area contributed by atoms with Crippen molar-refractivity contribution in [3.8, 4) is 0 Å². The summed E-state index contributed by atoms with van der Waals surface area (Å²) in [5, 5.41) is 27.4. The van der Waals surface area contributed by atoms with E-state index < -0.39 is 17.0 Å². The van der Waals surface area contributed by atoms with E-state index in [0.717, 1.165) is 32.5 Å². The van der Waals surface area contributed by atoms with Crippen LogP contribution in [0.2, 0.25) is 0 Å². The van der Waals surface area contributed by atoms with Crippen molar-refractivity contribution in [1.82, 2.24) is 10.2 Å². The number of carboxylic acid groups (broad SMARTS) is 2. The van der Waals surface area contributed by atoms with Crippen LogP contribution in [-0.4, -0.2) is 70.8 Å². The molecule has 1 rings (SSSR count). The third kappa shape index (κ3) is 14.2. The summed E-state index contributed by atoms with van der Waals surface area (Å²) in [6, 6.07) is 0. The monoisotopic (exact) mass is 389 g/mol. The van der Waals surface area contributed by atoms with E-state index in [-0.39, 0.29) is 25.0 Å². The lowest BCUT2D eigenvalue weighted by Crippen LogP contribution is -2.41. The highest BCUT2D eigenvalue weighted by molar-refractivity contribution is 5.89. The second kappa shape index (κ2) is 14.5. The topological polar surface area (TPSA) is 159 Å². The van der Waals surface area contributed by atoms with Crippen LogP contribution in [0.4, 0.5) is 0 Å². The number of piperidine rings is 1. The summed E-state index contributed by atoms with van der Waals surface area (Å²) in [7, 11) is 0. The molecule has 154 valence electrons. The highest BCUT2D eigenvalue weighted by atomic mass is 16.9. The van der Waals surface area contributed by atoms with Gasteiger partial charge in [0.25, 0.3) is 5.09 Å². The van der Waals surface area contributed by atoms with Gasteiger partial charge in [-0.3, -0.25) is 4.79 Å². The van der Waals surface area contributed by atoms with Crippen LogP contribution in [0.5, 0.6) is 0 Å². The fourth-order valence-corrected chi connectivity index (χ4v) is 2.38. The van der Waals surface area contributed by atoms with Gasteiger partial charge < -0.3 is 25.3 Å². The number of carbonyl (C=O) groups is 3. The largest absolute Gasteiger partial charge is 0.478 e. The number of likely N-dealkylation sites (tertiary alicyclic amines) is 1. The maximum Gasteiger partial charge on any atom is 0.328 e. The number of amides is 1. The van der Waals surface area contributed by atoms with Gasteiger partial charge in [-0.25, -0.2) is 9.59 Å². The highest BCUT2D eigenvalue weighted by Gasteiger charge is 2.24. The maximum absolute atomic E-state index is 11.8. The molecule has 0 radical (unpaired) electrons. The summed E-state index contributed by atoms with van der Waals surface area (Å²) in [6.07, 6.45) is 5.24. The Kier molecular flexibility index (Phi) is 13.0. The number of nitrogens with one attached hydrogen (secondary N) is 1. The van der Waals surface area contributed by atoms with E-state index in [4.69, 9.17) is 10.2 Å². The lowest BCUT2D eigenvalue weighted by atomic mass is 9.96. The lowest BCUT2D eigenvalue weighted by molar-refractivity contribution is -0.757. The highest BCUT2D eigenvalue weighted by Crippen LogP contribution is 2.17. The van der Waals surface area contributed by atoms with Crippen molar-refractivity contribution in [3.05, 3.63) is 22.3 Å². The molecule has 0 saturated carbocycles. The van der Waals surface area contributed by atoms with Gasteiger partial charge in [0.05, 0.1) is 0 Å². The Labute approximate surface area is 157 Å². The first-order valence-electron chi connectivity index (χ1n) is 8.67. The van der Waals surface area contributed by atoms with Crippen molar-refractivity contribution >= 4 is 17.8 Å². The first kappa shape index (κ1) is 24.3. The van der Waals surface area contributed by atoms with Crippen molar-refractivity contribution in [2.75, 3.05) is 32.8 Å². The molecule has 3 N–H and O–H groups in total. The van der Waals surface area contributed by atoms with Crippen molar-refractivity contribution in [2.45, 2.75) is 32.6 Å². The van der Waals surface area contributed by atoms with Crippen LogP contribution in [0.15, 0.2) is 12.2 Å². The average molecular weight is 389 g/mol. The molecule has 1 heterocycles. The molecule has 1 amide bonds. The molecular weight excluding hydrogens is 362 g/mol. The smallest absolute Gasteiger partial charge is 0.328 e. The first-order chi connectivity index (χ1) is 12.8. The van der Waals surface area contributed by atoms with Crippen LogP contribution >= 0.6 is 0 Å². The minimum atomic E-state index is -1.26. The molecule has 0 aromatic heterocycles. The van der Waals surface area contributed by atoms with Crippen LogP contribution in [0.25, 0.3) is 0 Å². The Morgan fingerprint density at radius 1 is 1.22 bits per heavy atom. The molecule has 0 spiro atoms. The molecule has 0 aliphatic carbocycles. The zero-order valence-corrected chi connectivity index (χ0v) is 15.3. The molecule has 0 bridgehead atoms. The van der Waals surface area contributed by atoms with Crippen LogP contribution in [-0.2, 0) is 19.2 Å². The Morgan fingerprint density at radius 3 is 2.22 bits per heavy atom. The molecule has 11 nitrogen and oxygen atoms in total. The number of carbonyl (C=O) groups excluding carboxylic acids is 1. The summed E-state index contributed by atoms with van der Waals surface area (Å²) < 4.78 is 0. The van der Waals surface area contributed by atoms with Crippen molar-refractivity contribution in [3.63, 3.8) is 0 Å². The predicted octanol–water partition coefficient (Wildman–Crippen LogP) is 0.535. The predicted molar refractivity (Wildman–Crippen MR) is 94.4 cm³/mol. The molecule has 0 aromatic carbocycles. The maximum atomic E-state index is 11.8. The van der Waals surface area contributed by atoms with Gasteiger partial charge in [-0.15, -0.1) is 10.1 Å². The van der Waals surface area contributed by atoms with Crippen LogP contribution in [0.1, 0.15) is 32.6 Å². The molecule has 0 atom stereocenters. The number of hydrogen-bond donors (Lipinski definition) is 3. The van der Waals surface area contributed by atoms with Gasteiger partial charge in [0, 0.05) is 24.6 Å². The normalized spacial score (nSPS) is 14.9. The number of hydrogen-bond acceptors (Lipinski definition) is 7. The minimum Gasteiger partial charge on any atom is -0.478 e. The fourth-order valence-electron chi connectivity index (χ4n) is 2.38. The minimum absolute atomic E-state index is 0.0120. The fraction of sp³-hybridized carbons (Fsp3) is 0.688. The molecular formula is C16H27N3O8. The number of unbranched alkanes of at least 4 members (excludes halogenated alkanes) is 1. The SMILES string of the molecule is CCCCN1CCC(C(=O)NCCO[N+](=O)[O-])CC1.O=C(O)C=CC(=O)O. The van der Waals surface area contributed by atoms with Crippen LogP contribution < -0.4 is 5.32 Å². The summed E-state index contributed by atoms with van der Waals surface area (Å²) in [5.41, 5.74) is 0. The lowest BCUT2D eigenvalue weighted by Gasteiger charge is -2.31. The van der Waals surface area contributed by atoms with E-state index in [9.17, 15) is 24.5 Å². The molecule has 11 heteroatoms. The molecule has 1 saturated heterocycles. The molecule has 27 heavy (non-hydrogen) atoms. The zero-order valence-electron chi connectivity index (χ0n) is 15.3. The summed E-state index contributed by atoms with van der Waals surface area (Å²) in [6.45, 7) is 5.31. The first-order valence-corrected chi connectivity index (χ1v) is 8.67. The van der Waals surface area contributed by atoms with E-state index in [1.54, 1.807) is 0 Å². The second-order valence-electron chi connectivity index (χ2n) is 5.83. The summed E-state index contributed by atoms with van der Waals surface area (Å²) in [5.74, 6) is -2.49. The van der Waals surface area contributed by atoms with Gasteiger partial charge in [0.2, 0.25) is 5.91 Å². The Balaban J connectivity index is 0.000000713. The molecule has 1 aliphatic rings. The number of rotatable bonds is 10. The Bertz CT molecular complexity index is 500. The van der Waals surface area contributed by atoms with Crippen LogP contribution in [0, 0.1) is 16.0 Å². The summed E-state index contributed by atoms with van der Waals surface area (Å²) >= 11 is 0. The van der Waals surface area contributed by atoms with Gasteiger partial charge in [-0.05, 0) is 38.9 Å². The van der Waals surface area contributed by atoms with E-state index in [1.807, 2.05) is 0 Å². The third-order valence-corrected chi connectivity index (χ3v) is 3.75. The summed E-state index contributed by atoms with van der Waals surface area (Å²) in [4.78, 5) is 47.4. The van der Waals surface area contributed by atoms with Gasteiger partial charge in [0.15, 0.2) is 0 Å². The van der Waals surface area contributed by atoms with E-state index in [2.05, 4.69) is 22.0 Å². The number of aliphatic carboxylic acids is 2. The second-order valence-corrected chi connectivity index (χ2v) is 5.83. The molecule has 1 aliphatic heterocycles. The zero-order chi connectivity index (χ0) is 20.7. The number of nitrogens with zero attached hydrogens (tertiary/aromatic N) is 2. The molecule has 0 unspecified atom stereocenters. The van der Waals surface area contributed by atoms with Crippen molar-refractivity contribution in [2.24, 2.45) is 5.92 Å². The van der Waals surface area contributed by atoms with Gasteiger partial charge >= 0.3 is 11.9 Å². The number of carboxylic acids is 2. The van der Waals surface area contributed by atoms with E-state index in [0.29, 0.717) is 12.2 Å². The van der Waals surface area contributed by atoms with Crippen molar-refractivity contribution in [1.29, 1.82) is 0 Å². The molecule has 1 fully saturated rings. The van der Waals surface area contributed by atoms with Gasteiger partial charge in [0.1, 0.15) is 6.61 Å². The Morgan fingerprint density at radius 2 is 1.78 bits per heavy atom. The Hall–Kier alpha value is -2.69. The van der Waals surface area contributed by atoms with Crippen LogP contribution in [0.3, 0.4) is 0 Å². The van der Waals surface area contributed by atoms with E-state index in [1.165, 1.54) is 12.8 Å². The van der Waals surface area contributed by atoms with Gasteiger partial charge in [-0.2, -0.15) is 0 Å².